The van der Waals surface area contributed by atoms with E-state index in [1.807, 2.05) is 0 Å². The number of aromatic nitrogens is 1. The van der Waals surface area contributed by atoms with E-state index in [1.165, 1.54) is 0 Å². The van der Waals surface area contributed by atoms with E-state index in [2.05, 4.69) is 10.3 Å². The van der Waals surface area contributed by atoms with E-state index >= 15 is 0 Å². The van der Waals surface area contributed by atoms with Crippen molar-refractivity contribution in [1.29, 1.82) is 0 Å². The maximum absolute atomic E-state index is 12.0. The largest absolute Gasteiger partial charge is 0.375 e. The number of aryl methyl sites for hydroxylation is 1. The quantitative estimate of drug-likeness (QED) is 0.817. The molecule has 1 aromatic rings. The van der Waals surface area contributed by atoms with E-state index in [0.717, 1.165) is 11.3 Å². The molecule has 6 nitrogen and oxygen atoms in total. The van der Waals surface area contributed by atoms with Gasteiger partial charge in [0.05, 0.1) is 17.2 Å². The zero-order chi connectivity index (χ0) is 13.3. The molecular formula is C10H15N3O3S2. The molecule has 0 aliphatic carbocycles. The van der Waals surface area contributed by atoms with Crippen molar-refractivity contribution in [2.24, 2.45) is 0 Å². The first-order valence-corrected chi connectivity index (χ1v) is 8.25. The molecule has 1 aromatic heterocycles. The number of nitrogens with two attached hydrogens (primary N) is 1. The van der Waals surface area contributed by atoms with Gasteiger partial charge >= 0.3 is 0 Å². The molecule has 8 heteroatoms. The third-order valence-electron chi connectivity index (χ3n) is 2.82. The second kappa shape index (κ2) is 4.85. The Kier molecular flexibility index (Phi) is 3.58. The number of carbonyl (C=O) groups excluding carboxylic acids is 1. The number of rotatable bonds is 2. The maximum atomic E-state index is 12.0. The molecule has 1 aliphatic rings. The minimum atomic E-state index is -3.02. The Labute approximate surface area is 110 Å². The summed E-state index contributed by atoms with van der Waals surface area (Å²) >= 11 is 1.12. The molecule has 1 saturated heterocycles. The normalized spacial score (nSPS) is 22.6. The van der Waals surface area contributed by atoms with Crippen LogP contribution in [0.1, 0.15) is 28.2 Å². The molecule has 18 heavy (non-hydrogen) atoms. The molecule has 0 saturated carbocycles. The number of nitrogens with zero attached hydrogens (tertiary/aromatic N) is 1. The summed E-state index contributed by atoms with van der Waals surface area (Å²) < 4.78 is 22.9. The molecule has 100 valence electrons. The summed E-state index contributed by atoms with van der Waals surface area (Å²) in [6, 6.07) is -0.307. The Bertz CT molecular complexity index is 565. The number of amides is 1. The number of hydrogen-bond acceptors (Lipinski definition) is 6. The fourth-order valence-corrected chi connectivity index (χ4v) is 4.39. The Morgan fingerprint density at radius 1 is 1.56 bits per heavy atom. The lowest BCUT2D eigenvalue weighted by Crippen LogP contribution is -2.43. The van der Waals surface area contributed by atoms with E-state index in [-0.39, 0.29) is 23.5 Å². The molecule has 0 bridgehead atoms. The lowest BCUT2D eigenvalue weighted by Gasteiger charge is -2.22. The standard InChI is InChI=1S/C10H15N3O3S2/c1-6-8(17-10(11)12-6)9(14)13-7-3-2-4-18(15,16)5-7/h7H,2-5H2,1H3,(H2,11,12)(H,13,14). The van der Waals surface area contributed by atoms with Gasteiger partial charge in [-0.1, -0.05) is 11.3 Å². The number of nitrogens with one attached hydrogen (secondary N) is 1. The van der Waals surface area contributed by atoms with Crippen LogP contribution in [0.4, 0.5) is 5.13 Å². The van der Waals surface area contributed by atoms with Crippen LogP contribution in [0.3, 0.4) is 0 Å². The van der Waals surface area contributed by atoms with E-state index < -0.39 is 9.84 Å². The van der Waals surface area contributed by atoms with Crippen LogP contribution in [0.25, 0.3) is 0 Å². The zero-order valence-corrected chi connectivity index (χ0v) is 11.6. The lowest BCUT2D eigenvalue weighted by atomic mass is 10.2. The van der Waals surface area contributed by atoms with Crippen molar-refractivity contribution in [1.82, 2.24) is 10.3 Å². The van der Waals surface area contributed by atoms with Crippen molar-refractivity contribution in [3.8, 4) is 0 Å². The van der Waals surface area contributed by atoms with Gasteiger partial charge in [0.1, 0.15) is 4.88 Å². The molecule has 0 aromatic carbocycles. The molecule has 3 N–H and O–H groups in total. The third-order valence-corrected chi connectivity index (χ3v) is 5.62. The van der Waals surface area contributed by atoms with Gasteiger partial charge in [-0.3, -0.25) is 4.79 Å². The summed E-state index contributed by atoms with van der Waals surface area (Å²) in [5.41, 5.74) is 6.10. The molecule has 1 fully saturated rings. The highest BCUT2D eigenvalue weighted by molar-refractivity contribution is 7.91. The fourth-order valence-electron chi connectivity index (χ4n) is 2.02. The molecule has 1 aliphatic heterocycles. The van der Waals surface area contributed by atoms with E-state index in [9.17, 15) is 13.2 Å². The van der Waals surface area contributed by atoms with Crippen LogP contribution < -0.4 is 11.1 Å². The molecule has 2 rings (SSSR count). The van der Waals surface area contributed by atoms with Gasteiger partial charge in [-0.25, -0.2) is 13.4 Å². The average molecular weight is 289 g/mol. The number of anilines is 1. The Morgan fingerprint density at radius 2 is 2.28 bits per heavy atom. The van der Waals surface area contributed by atoms with E-state index in [1.54, 1.807) is 6.92 Å². The van der Waals surface area contributed by atoms with Gasteiger partial charge in [-0.15, -0.1) is 0 Å². The number of carbonyl (C=O) groups is 1. The minimum Gasteiger partial charge on any atom is -0.375 e. The summed E-state index contributed by atoms with van der Waals surface area (Å²) in [4.78, 5) is 16.4. The van der Waals surface area contributed by atoms with Crippen molar-refractivity contribution in [3.63, 3.8) is 0 Å². The van der Waals surface area contributed by atoms with Gasteiger partial charge in [0.2, 0.25) is 0 Å². The van der Waals surface area contributed by atoms with Gasteiger partial charge in [0, 0.05) is 6.04 Å². The summed E-state index contributed by atoms with van der Waals surface area (Å²) in [5, 5.41) is 3.08. The first-order valence-electron chi connectivity index (χ1n) is 5.61. The summed E-state index contributed by atoms with van der Waals surface area (Å²) in [5.74, 6) is -0.0540. The van der Waals surface area contributed by atoms with Crippen LogP contribution in [-0.4, -0.2) is 36.9 Å². The SMILES string of the molecule is Cc1nc(N)sc1C(=O)NC1CCCS(=O)(=O)C1. The average Bonchev–Trinajstić information content (AvgIpc) is 2.56. The Hall–Kier alpha value is -1.15. The van der Waals surface area contributed by atoms with Crippen LogP contribution in [0.5, 0.6) is 0 Å². The monoisotopic (exact) mass is 289 g/mol. The van der Waals surface area contributed by atoms with Crippen molar-refractivity contribution < 1.29 is 13.2 Å². The Morgan fingerprint density at radius 3 is 2.83 bits per heavy atom. The highest BCUT2D eigenvalue weighted by Crippen LogP contribution is 2.20. The van der Waals surface area contributed by atoms with E-state index in [4.69, 9.17) is 5.73 Å². The van der Waals surface area contributed by atoms with Gasteiger partial charge in [0.15, 0.2) is 15.0 Å². The molecule has 1 unspecified atom stereocenters. The predicted molar refractivity (Wildman–Crippen MR) is 70.4 cm³/mol. The first kappa shape index (κ1) is 13.3. The number of thiazole rings is 1. The maximum Gasteiger partial charge on any atom is 0.263 e. The molecule has 1 atom stereocenters. The van der Waals surface area contributed by atoms with Crippen LogP contribution >= 0.6 is 11.3 Å². The molecular weight excluding hydrogens is 274 g/mol. The van der Waals surface area contributed by atoms with Crippen molar-refractivity contribution >= 4 is 32.2 Å². The third kappa shape index (κ3) is 2.99. The van der Waals surface area contributed by atoms with Gasteiger partial charge in [0.25, 0.3) is 5.91 Å². The van der Waals surface area contributed by atoms with Crippen LogP contribution in [0.2, 0.25) is 0 Å². The van der Waals surface area contributed by atoms with Crippen molar-refractivity contribution in [2.75, 3.05) is 17.2 Å². The first-order chi connectivity index (χ1) is 8.37. The zero-order valence-electron chi connectivity index (χ0n) is 9.97. The van der Waals surface area contributed by atoms with Crippen LogP contribution in [0.15, 0.2) is 0 Å². The van der Waals surface area contributed by atoms with Crippen LogP contribution in [-0.2, 0) is 9.84 Å². The summed E-state index contributed by atoms with van der Waals surface area (Å²) in [7, 11) is -3.02. The van der Waals surface area contributed by atoms with E-state index in [0.29, 0.717) is 28.5 Å². The minimum absolute atomic E-state index is 0.0199. The Balaban J connectivity index is 2.06. The van der Waals surface area contributed by atoms with Crippen LogP contribution in [0, 0.1) is 6.92 Å². The predicted octanol–water partition coefficient (Wildman–Crippen LogP) is 0.341. The fraction of sp³-hybridized carbons (Fsp3) is 0.600. The second-order valence-electron chi connectivity index (χ2n) is 4.39. The topological polar surface area (TPSA) is 102 Å². The van der Waals surface area contributed by atoms with Gasteiger partial charge in [-0.2, -0.15) is 0 Å². The van der Waals surface area contributed by atoms with Crippen molar-refractivity contribution in [2.45, 2.75) is 25.8 Å². The van der Waals surface area contributed by atoms with Crippen molar-refractivity contribution in [3.05, 3.63) is 10.6 Å². The lowest BCUT2D eigenvalue weighted by molar-refractivity contribution is 0.0941. The van der Waals surface area contributed by atoms with Gasteiger partial charge in [-0.05, 0) is 19.8 Å². The van der Waals surface area contributed by atoms with Gasteiger partial charge < -0.3 is 11.1 Å². The molecule has 2 heterocycles. The second-order valence-corrected chi connectivity index (χ2v) is 7.65. The molecule has 0 radical (unpaired) electrons. The summed E-state index contributed by atoms with van der Waals surface area (Å²) in [6.45, 7) is 1.71. The summed E-state index contributed by atoms with van der Waals surface area (Å²) in [6.07, 6.45) is 1.29. The molecule has 0 spiro atoms. The smallest absolute Gasteiger partial charge is 0.263 e. The highest BCUT2D eigenvalue weighted by Gasteiger charge is 2.27. The number of nitrogen functional groups attached to an aromatic ring is 1. The molecule has 1 amide bonds. The highest BCUT2D eigenvalue weighted by atomic mass is 32.2. The number of sulfone groups is 1. The number of hydrogen-bond donors (Lipinski definition) is 2.